The van der Waals surface area contributed by atoms with Crippen molar-refractivity contribution in [1.82, 2.24) is 15.5 Å². The summed E-state index contributed by atoms with van der Waals surface area (Å²) in [7, 11) is 0. The van der Waals surface area contributed by atoms with Gasteiger partial charge in [-0.3, -0.25) is 9.59 Å². The van der Waals surface area contributed by atoms with Crippen molar-refractivity contribution in [2.45, 2.75) is 50.7 Å². The van der Waals surface area contributed by atoms with Crippen molar-refractivity contribution in [1.29, 1.82) is 0 Å². The predicted octanol–water partition coefficient (Wildman–Crippen LogP) is 3.51. The van der Waals surface area contributed by atoms with Crippen LogP contribution < -0.4 is 10.6 Å². The number of carbonyl (C=O) groups excluding carboxylic acids is 2. The Kier molecular flexibility index (Phi) is 5.26. The highest BCUT2D eigenvalue weighted by molar-refractivity contribution is 5.97. The van der Waals surface area contributed by atoms with Gasteiger partial charge in [-0.1, -0.05) is 30.3 Å². The monoisotopic (exact) mass is 421 g/mol. The predicted molar refractivity (Wildman–Crippen MR) is 116 cm³/mol. The Morgan fingerprint density at radius 2 is 2.06 bits per heavy atom. The van der Waals surface area contributed by atoms with Gasteiger partial charge in [0.2, 0.25) is 5.91 Å². The molecule has 0 spiro atoms. The van der Waals surface area contributed by atoms with Crippen molar-refractivity contribution in [2.24, 2.45) is 5.92 Å². The summed E-state index contributed by atoms with van der Waals surface area (Å²) in [4.78, 5) is 28.5. The fraction of sp³-hybridized carbons (Fsp3) is 0.440. The maximum atomic E-state index is 14.5. The third-order valence-electron chi connectivity index (χ3n) is 7.12. The minimum Gasteiger partial charge on any atom is -0.346 e. The minimum absolute atomic E-state index is 0.0161. The Morgan fingerprint density at radius 3 is 2.87 bits per heavy atom. The van der Waals surface area contributed by atoms with E-state index in [0.29, 0.717) is 18.5 Å². The van der Waals surface area contributed by atoms with Gasteiger partial charge >= 0.3 is 0 Å². The highest BCUT2D eigenvalue weighted by Gasteiger charge is 2.46. The zero-order valence-corrected chi connectivity index (χ0v) is 17.7. The van der Waals surface area contributed by atoms with Crippen LogP contribution in [0.5, 0.6) is 0 Å². The van der Waals surface area contributed by atoms with E-state index in [0.717, 1.165) is 42.5 Å². The first-order valence-corrected chi connectivity index (χ1v) is 11.2. The fourth-order valence-electron chi connectivity index (χ4n) is 5.57. The van der Waals surface area contributed by atoms with Crippen LogP contribution in [0.3, 0.4) is 0 Å². The van der Waals surface area contributed by atoms with Crippen LogP contribution in [0, 0.1) is 11.7 Å². The lowest BCUT2D eigenvalue weighted by atomic mass is 9.76. The van der Waals surface area contributed by atoms with Gasteiger partial charge in [-0.05, 0) is 68.0 Å². The first-order chi connectivity index (χ1) is 15.0. The average molecular weight is 422 g/mol. The van der Waals surface area contributed by atoms with E-state index in [2.05, 4.69) is 10.6 Å². The maximum Gasteiger partial charge on any atom is 0.252 e. The number of carbonyl (C=O) groups is 2. The van der Waals surface area contributed by atoms with Gasteiger partial charge in [0.1, 0.15) is 5.82 Å². The molecule has 4 atom stereocenters. The van der Waals surface area contributed by atoms with Crippen molar-refractivity contribution in [3.63, 3.8) is 0 Å². The molecule has 5 rings (SSSR count). The number of benzene rings is 2. The highest BCUT2D eigenvalue weighted by Crippen LogP contribution is 2.43. The maximum absolute atomic E-state index is 14.5. The third-order valence-corrected chi connectivity index (χ3v) is 7.12. The summed E-state index contributed by atoms with van der Waals surface area (Å²) in [5.74, 6) is -0.504. The number of rotatable bonds is 3. The molecule has 0 aliphatic carbocycles. The van der Waals surface area contributed by atoms with Crippen LogP contribution in [-0.2, 0) is 11.2 Å². The summed E-state index contributed by atoms with van der Waals surface area (Å²) in [6, 6.07) is 12.3. The van der Waals surface area contributed by atoms with Gasteiger partial charge in [0.05, 0.1) is 18.0 Å². The molecule has 2 amide bonds. The highest BCUT2D eigenvalue weighted by atomic mass is 19.1. The van der Waals surface area contributed by atoms with E-state index in [1.165, 1.54) is 12.1 Å². The second-order valence-corrected chi connectivity index (χ2v) is 8.97. The van der Waals surface area contributed by atoms with Crippen LogP contribution in [0.4, 0.5) is 4.39 Å². The van der Waals surface area contributed by atoms with Gasteiger partial charge in [-0.2, -0.15) is 0 Å². The number of nitrogens with one attached hydrogen (secondary N) is 2. The molecule has 2 aromatic carbocycles. The molecule has 0 saturated carbocycles. The minimum atomic E-state index is -0.402. The SMILES string of the molecule is C[C@@H](NC(=O)c1cc(F)cc2c1[C@H]1C[C@@H]3NCCC[C@@H]3C(=O)N1CC2)c1ccccc1. The molecule has 0 aromatic heterocycles. The van der Waals surface area contributed by atoms with E-state index in [-0.39, 0.29) is 35.9 Å². The third kappa shape index (κ3) is 3.63. The topological polar surface area (TPSA) is 61.4 Å². The van der Waals surface area contributed by atoms with Crippen LogP contribution >= 0.6 is 0 Å². The van der Waals surface area contributed by atoms with Crippen molar-refractivity contribution < 1.29 is 14.0 Å². The smallest absolute Gasteiger partial charge is 0.252 e. The van der Waals surface area contributed by atoms with Gasteiger partial charge < -0.3 is 15.5 Å². The zero-order chi connectivity index (χ0) is 21.5. The van der Waals surface area contributed by atoms with Crippen molar-refractivity contribution in [2.75, 3.05) is 13.1 Å². The molecule has 0 unspecified atom stereocenters. The number of amides is 2. The van der Waals surface area contributed by atoms with Crippen LogP contribution in [-0.4, -0.2) is 35.8 Å². The largest absolute Gasteiger partial charge is 0.346 e. The van der Waals surface area contributed by atoms with E-state index in [4.69, 9.17) is 0 Å². The molecule has 6 heteroatoms. The fourth-order valence-corrected chi connectivity index (χ4v) is 5.57. The van der Waals surface area contributed by atoms with E-state index < -0.39 is 5.82 Å². The summed E-state index contributed by atoms with van der Waals surface area (Å²) >= 11 is 0. The molecule has 2 saturated heterocycles. The van der Waals surface area contributed by atoms with E-state index in [1.807, 2.05) is 42.2 Å². The number of hydrogen-bond donors (Lipinski definition) is 2. The zero-order valence-electron chi connectivity index (χ0n) is 17.7. The molecular weight excluding hydrogens is 393 g/mol. The summed E-state index contributed by atoms with van der Waals surface area (Å²) in [6.07, 6.45) is 3.27. The number of hydrogen-bond acceptors (Lipinski definition) is 3. The van der Waals surface area contributed by atoms with Crippen LogP contribution in [0.25, 0.3) is 0 Å². The summed E-state index contributed by atoms with van der Waals surface area (Å²) < 4.78 is 14.5. The van der Waals surface area contributed by atoms with Crippen LogP contribution in [0.2, 0.25) is 0 Å². The Balaban J connectivity index is 1.49. The van der Waals surface area contributed by atoms with Crippen molar-refractivity contribution in [3.8, 4) is 0 Å². The first-order valence-electron chi connectivity index (χ1n) is 11.2. The Bertz CT molecular complexity index is 1010. The second kappa shape index (κ2) is 8.08. The van der Waals surface area contributed by atoms with Crippen LogP contribution in [0.1, 0.15) is 65.3 Å². The van der Waals surface area contributed by atoms with Gasteiger partial charge in [-0.15, -0.1) is 0 Å². The van der Waals surface area contributed by atoms with Gasteiger partial charge in [0.15, 0.2) is 0 Å². The number of nitrogens with zero attached hydrogens (tertiary/aromatic N) is 1. The average Bonchev–Trinajstić information content (AvgIpc) is 2.79. The molecular formula is C25H28FN3O2. The molecule has 3 aliphatic heterocycles. The molecule has 2 fully saturated rings. The summed E-state index contributed by atoms with van der Waals surface area (Å²) in [5, 5.41) is 6.54. The first kappa shape index (κ1) is 20.2. The van der Waals surface area contributed by atoms with Gasteiger partial charge in [-0.25, -0.2) is 4.39 Å². The summed E-state index contributed by atoms with van der Waals surface area (Å²) in [6.45, 7) is 3.43. The standard InChI is InChI=1S/C25H28FN3O2/c1-15(16-6-3-2-4-7-16)28-24(30)20-13-18(26)12-17-9-11-29-22(23(17)20)14-21-19(25(29)31)8-5-10-27-21/h2-4,6-7,12-13,15,19,21-22,27H,5,8-11,14H2,1H3,(H,28,30)/t15-,19+,21+,22-/m1/s1. The molecule has 31 heavy (non-hydrogen) atoms. The number of piperidine rings is 2. The van der Waals surface area contributed by atoms with Gasteiger partial charge in [0, 0.05) is 18.2 Å². The summed E-state index contributed by atoms with van der Waals surface area (Å²) in [5.41, 5.74) is 3.02. The molecule has 5 nitrogen and oxygen atoms in total. The lowest BCUT2D eigenvalue weighted by Gasteiger charge is -2.48. The molecule has 3 heterocycles. The van der Waals surface area contributed by atoms with Crippen molar-refractivity contribution in [3.05, 3.63) is 70.5 Å². The van der Waals surface area contributed by atoms with E-state index >= 15 is 0 Å². The molecule has 2 aromatic rings. The Hall–Kier alpha value is -2.73. The number of fused-ring (bicyclic) bond motifs is 4. The number of halogens is 1. The Labute approximate surface area is 182 Å². The van der Waals surface area contributed by atoms with Gasteiger partial charge in [0.25, 0.3) is 5.91 Å². The molecule has 2 N–H and O–H groups in total. The molecule has 0 bridgehead atoms. The Morgan fingerprint density at radius 1 is 1.26 bits per heavy atom. The molecule has 0 radical (unpaired) electrons. The lowest BCUT2D eigenvalue weighted by Crippen LogP contribution is -2.58. The van der Waals surface area contributed by atoms with E-state index in [1.54, 1.807) is 0 Å². The lowest BCUT2D eigenvalue weighted by molar-refractivity contribution is -0.145. The molecule has 3 aliphatic rings. The quantitative estimate of drug-likeness (QED) is 0.797. The normalized spacial score (nSPS) is 25.8. The second-order valence-electron chi connectivity index (χ2n) is 8.97. The van der Waals surface area contributed by atoms with Crippen molar-refractivity contribution >= 4 is 11.8 Å². The van der Waals surface area contributed by atoms with Crippen LogP contribution in [0.15, 0.2) is 42.5 Å². The molecule has 162 valence electrons. The van der Waals surface area contributed by atoms with E-state index in [9.17, 15) is 14.0 Å².